The van der Waals surface area contributed by atoms with Gasteiger partial charge in [0.05, 0.1) is 11.4 Å². The molecule has 0 bridgehead atoms. The van der Waals surface area contributed by atoms with E-state index < -0.39 is 12.0 Å². The quantitative estimate of drug-likeness (QED) is 0.881. The Morgan fingerprint density at radius 3 is 2.33 bits per heavy atom. The molecule has 0 fully saturated rings. The van der Waals surface area contributed by atoms with E-state index in [4.69, 9.17) is 10.8 Å². The summed E-state index contributed by atoms with van der Waals surface area (Å²) < 4.78 is 0. The number of aliphatic carboxylic acids is 1. The average Bonchev–Trinajstić information content (AvgIpc) is 2.40. The van der Waals surface area contributed by atoms with Gasteiger partial charge in [-0.15, -0.1) is 37.2 Å². The first-order chi connectivity index (χ1) is 8.66. The zero-order valence-electron chi connectivity index (χ0n) is 10.9. The molecule has 2 rings (SSSR count). The number of carboxylic acids is 1. The van der Waals surface area contributed by atoms with Gasteiger partial charge in [0.2, 0.25) is 0 Å². The molecule has 0 aliphatic rings. The Morgan fingerprint density at radius 2 is 1.76 bits per heavy atom. The van der Waals surface area contributed by atoms with Crippen molar-refractivity contribution in [3.8, 4) is 11.4 Å². The first-order valence-electron chi connectivity index (χ1n) is 5.52. The first-order valence-corrected chi connectivity index (χ1v) is 5.52. The highest BCUT2D eigenvalue weighted by Crippen LogP contribution is 2.14. The molecular formula is C13H16Cl3N3O2. The first kappa shape index (κ1) is 21.9. The Balaban J connectivity index is 0. The van der Waals surface area contributed by atoms with Crippen molar-refractivity contribution in [1.82, 2.24) is 9.97 Å². The van der Waals surface area contributed by atoms with Crippen molar-refractivity contribution >= 4 is 43.2 Å². The fraction of sp³-hybridized carbons (Fsp3) is 0.154. The van der Waals surface area contributed by atoms with E-state index in [-0.39, 0.29) is 43.6 Å². The number of carbonyl (C=O) groups is 1. The van der Waals surface area contributed by atoms with Crippen LogP contribution >= 0.6 is 37.2 Å². The van der Waals surface area contributed by atoms with Gasteiger partial charge in [-0.25, -0.2) is 0 Å². The van der Waals surface area contributed by atoms with Crippen LogP contribution in [-0.2, 0) is 11.2 Å². The maximum absolute atomic E-state index is 10.7. The van der Waals surface area contributed by atoms with Crippen LogP contribution in [0.15, 0.2) is 42.6 Å². The van der Waals surface area contributed by atoms with Gasteiger partial charge in [0.25, 0.3) is 0 Å². The Bertz CT molecular complexity index is 555. The van der Waals surface area contributed by atoms with Crippen molar-refractivity contribution in [2.45, 2.75) is 12.5 Å². The molecule has 21 heavy (non-hydrogen) atoms. The molecule has 0 spiro atoms. The maximum Gasteiger partial charge on any atom is 0.320 e. The zero-order chi connectivity index (χ0) is 13.0. The molecule has 0 unspecified atom stereocenters. The lowest BCUT2D eigenvalue weighted by molar-refractivity contribution is -0.138. The second-order valence-corrected chi connectivity index (χ2v) is 3.88. The van der Waals surface area contributed by atoms with Crippen LogP contribution < -0.4 is 5.73 Å². The lowest BCUT2D eigenvalue weighted by Gasteiger charge is -2.07. The Morgan fingerprint density at radius 1 is 1.10 bits per heavy atom. The van der Waals surface area contributed by atoms with E-state index in [9.17, 15) is 4.79 Å². The number of halogens is 3. The largest absolute Gasteiger partial charge is 0.480 e. The highest BCUT2D eigenvalue weighted by Gasteiger charge is 2.13. The van der Waals surface area contributed by atoms with E-state index in [0.717, 1.165) is 5.69 Å². The smallest absolute Gasteiger partial charge is 0.320 e. The number of nitrogens with zero attached hydrogens (tertiary/aromatic N) is 2. The minimum absolute atomic E-state index is 0. The van der Waals surface area contributed by atoms with Crippen LogP contribution in [0, 0.1) is 0 Å². The van der Waals surface area contributed by atoms with Gasteiger partial charge in [0, 0.05) is 18.3 Å². The number of aromatic nitrogens is 2. The highest BCUT2D eigenvalue weighted by atomic mass is 35.5. The minimum atomic E-state index is -1.03. The molecule has 0 amide bonds. The van der Waals surface area contributed by atoms with Crippen LogP contribution in [0.2, 0.25) is 0 Å². The fourth-order valence-electron chi connectivity index (χ4n) is 1.56. The van der Waals surface area contributed by atoms with Gasteiger partial charge in [-0.3, -0.25) is 14.8 Å². The molecule has 0 aliphatic heterocycles. The van der Waals surface area contributed by atoms with Crippen molar-refractivity contribution in [2.75, 3.05) is 0 Å². The van der Waals surface area contributed by atoms with Crippen LogP contribution in [0.1, 0.15) is 5.69 Å². The standard InChI is InChI=1S/C13H13N3O2.3ClH/c14-10(13(17)18)8-9-4-3-6-12(16-9)11-5-1-2-7-15-11;;;/h1-7,10H,8,14H2,(H,17,18);3*1H/t10-;;;/m0.../s1. The molecule has 0 saturated heterocycles. The van der Waals surface area contributed by atoms with Crippen LogP contribution in [0.5, 0.6) is 0 Å². The number of carboxylic acid groups (broad SMARTS) is 1. The third-order valence-corrected chi connectivity index (χ3v) is 2.48. The van der Waals surface area contributed by atoms with E-state index in [0.29, 0.717) is 11.4 Å². The predicted molar refractivity (Wildman–Crippen MR) is 88.5 cm³/mol. The van der Waals surface area contributed by atoms with E-state index in [1.165, 1.54) is 0 Å². The summed E-state index contributed by atoms with van der Waals surface area (Å²) in [6, 6.07) is 10.0. The van der Waals surface area contributed by atoms with Crippen LogP contribution in [-0.4, -0.2) is 27.1 Å². The molecule has 0 radical (unpaired) electrons. The van der Waals surface area contributed by atoms with E-state index in [1.54, 1.807) is 12.3 Å². The summed E-state index contributed by atoms with van der Waals surface area (Å²) in [5.74, 6) is -1.03. The molecule has 0 aromatic carbocycles. The second-order valence-electron chi connectivity index (χ2n) is 3.88. The molecular weight excluding hydrogens is 337 g/mol. The fourth-order valence-corrected chi connectivity index (χ4v) is 1.56. The van der Waals surface area contributed by atoms with Crippen LogP contribution in [0.25, 0.3) is 11.4 Å². The molecule has 8 heteroatoms. The third kappa shape index (κ3) is 6.27. The molecule has 5 nitrogen and oxygen atoms in total. The van der Waals surface area contributed by atoms with Crippen molar-refractivity contribution in [2.24, 2.45) is 5.73 Å². The van der Waals surface area contributed by atoms with E-state index in [1.807, 2.05) is 30.3 Å². The van der Waals surface area contributed by atoms with Crippen LogP contribution in [0.3, 0.4) is 0 Å². The monoisotopic (exact) mass is 351 g/mol. The predicted octanol–water partition coefficient (Wildman–Crippen LogP) is 2.36. The van der Waals surface area contributed by atoms with Crippen molar-refractivity contribution in [1.29, 1.82) is 0 Å². The Hall–Kier alpha value is -1.40. The summed E-state index contributed by atoms with van der Waals surface area (Å²) in [7, 11) is 0. The molecule has 116 valence electrons. The van der Waals surface area contributed by atoms with Crippen molar-refractivity contribution in [3.63, 3.8) is 0 Å². The van der Waals surface area contributed by atoms with Crippen molar-refractivity contribution < 1.29 is 9.90 Å². The van der Waals surface area contributed by atoms with Crippen LogP contribution in [0.4, 0.5) is 0 Å². The van der Waals surface area contributed by atoms with Gasteiger partial charge in [0.15, 0.2) is 0 Å². The number of pyridine rings is 2. The zero-order valence-corrected chi connectivity index (χ0v) is 13.3. The SMILES string of the molecule is Cl.Cl.Cl.N[C@@H](Cc1cccc(-c2ccccn2)n1)C(=O)O. The van der Waals surface area contributed by atoms with Gasteiger partial charge in [-0.1, -0.05) is 12.1 Å². The van der Waals surface area contributed by atoms with E-state index >= 15 is 0 Å². The lowest BCUT2D eigenvalue weighted by atomic mass is 10.1. The number of rotatable bonds is 4. The normalized spacial score (nSPS) is 10.3. The highest BCUT2D eigenvalue weighted by molar-refractivity contribution is 5.86. The molecule has 3 N–H and O–H groups in total. The molecule has 0 aliphatic carbocycles. The summed E-state index contributed by atoms with van der Waals surface area (Å²) in [5.41, 5.74) is 7.60. The lowest BCUT2D eigenvalue weighted by Crippen LogP contribution is -2.32. The number of nitrogens with two attached hydrogens (primary N) is 1. The molecule has 2 aromatic rings. The Labute approximate surface area is 141 Å². The van der Waals surface area contributed by atoms with Gasteiger partial charge in [0.1, 0.15) is 6.04 Å². The topological polar surface area (TPSA) is 89.1 Å². The Kier molecular flexibility index (Phi) is 10.8. The number of hydrogen-bond acceptors (Lipinski definition) is 4. The van der Waals surface area contributed by atoms with Gasteiger partial charge < -0.3 is 10.8 Å². The summed E-state index contributed by atoms with van der Waals surface area (Å²) in [5, 5.41) is 8.76. The maximum atomic E-state index is 10.7. The van der Waals surface area contributed by atoms with Gasteiger partial charge in [-0.05, 0) is 24.3 Å². The van der Waals surface area contributed by atoms with Crippen molar-refractivity contribution in [3.05, 3.63) is 48.3 Å². The minimum Gasteiger partial charge on any atom is -0.480 e. The molecule has 0 saturated carbocycles. The summed E-state index contributed by atoms with van der Waals surface area (Å²) in [6.07, 6.45) is 1.89. The number of hydrogen-bond donors (Lipinski definition) is 2. The second kappa shape index (κ2) is 10.3. The average molecular weight is 353 g/mol. The molecule has 2 aromatic heterocycles. The molecule has 1 atom stereocenters. The van der Waals surface area contributed by atoms with Gasteiger partial charge in [-0.2, -0.15) is 0 Å². The molecule has 2 heterocycles. The summed E-state index contributed by atoms with van der Waals surface area (Å²) in [4.78, 5) is 19.2. The summed E-state index contributed by atoms with van der Waals surface area (Å²) >= 11 is 0. The van der Waals surface area contributed by atoms with Gasteiger partial charge >= 0.3 is 5.97 Å². The van der Waals surface area contributed by atoms with E-state index in [2.05, 4.69) is 9.97 Å². The third-order valence-electron chi connectivity index (χ3n) is 2.48. The summed E-state index contributed by atoms with van der Waals surface area (Å²) in [6.45, 7) is 0.